The molecule has 2 aromatic carbocycles. The van der Waals surface area contributed by atoms with Gasteiger partial charge in [0.2, 0.25) is 0 Å². The fourth-order valence-electron chi connectivity index (χ4n) is 3.63. The molecule has 6 nitrogen and oxygen atoms in total. The van der Waals surface area contributed by atoms with E-state index in [0.29, 0.717) is 24.6 Å². The zero-order valence-electron chi connectivity index (χ0n) is 15.6. The van der Waals surface area contributed by atoms with Crippen molar-refractivity contribution in [3.63, 3.8) is 0 Å². The van der Waals surface area contributed by atoms with Gasteiger partial charge in [-0.1, -0.05) is 18.2 Å². The molecule has 1 fully saturated rings. The first-order valence-electron chi connectivity index (χ1n) is 9.23. The van der Waals surface area contributed by atoms with Crippen LogP contribution in [0.25, 0.3) is 5.69 Å². The van der Waals surface area contributed by atoms with Crippen molar-refractivity contribution in [2.75, 3.05) is 20.2 Å². The fraction of sp³-hybridized carbons (Fsp3) is 0.286. The number of carbonyl (C=O) groups excluding carboxylic acids is 1. The molecule has 1 amide bonds. The largest absolute Gasteiger partial charge is 0.494 e. The minimum Gasteiger partial charge on any atom is -0.494 e. The maximum absolute atomic E-state index is 13.9. The van der Waals surface area contributed by atoms with Gasteiger partial charge in [-0.2, -0.15) is 0 Å². The predicted octanol–water partition coefficient (Wildman–Crippen LogP) is 3.12. The van der Waals surface area contributed by atoms with Gasteiger partial charge >= 0.3 is 0 Å². The Morgan fingerprint density at radius 3 is 2.82 bits per heavy atom. The van der Waals surface area contributed by atoms with Gasteiger partial charge in [-0.25, -0.2) is 4.39 Å². The lowest BCUT2D eigenvalue weighted by molar-refractivity contribution is 0.0786. The summed E-state index contributed by atoms with van der Waals surface area (Å²) < 4.78 is 20.8. The molecule has 7 heteroatoms. The van der Waals surface area contributed by atoms with Crippen LogP contribution in [-0.2, 0) is 6.42 Å². The van der Waals surface area contributed by atoms with Crippen molar-refractivity contribution in [2.45, 2.75) is 12.8 Å². The second kappa shape index (κ2) is 7.80. The summed E-state index contributed by atoms with van der Waals surface area (Å²) in [5.74, 6) is 0.615. The van der Waals surface area contributed by atoms with Crippen LogP contribution in [0.1, 0.15) is 22.6 Å². The van der Waals surface area contributed by atoms with Gasteiger partial charge in [-0.15, -0.1) is 10.2 Å². The number of hydrogen-bond donors (Lipinski definition) is 0. The third kappa shape index (κ3) is 3.60. The predicted molar refractivity (Wildman–Crippen MR) is 102 cm³/mol. The topological polar surface area (TPSA) is 60.2 Å². The maximum Gasteiger partial charge on any atom is 0.253 e. The van der Waals surface area contributed by atoms with E-state index in [1.54, 1.807) is 17.3 Å². The maximum atomic E-state index is 13.9. The van der Waals surface area contributed by atoms with E-state index >= 15 is 0 Å². The van der Waals surface area contributed by atoms with Crippen LogP contribution < -0.4 is 4.74 Å². The molecule has 0 spiro atoms. The molecule has 2 heterocycles. The lowest BCUT2D eigenvalue weighted by Gasteiger charge is -2.17. The van der Waals surface area contributed by atoms with Crippen molar-refractivity contribution in [1.82, 2.24) is 19.7 Å². The van der Waals surface area contributed by atoms with Crippen LogP contribution in [0.5, 0.6) is 5.75 Å². The molecule has 144 valence electrons. The third-order valence-electron chi connectivity index (χ3n) is 5.10. The summed E-state index contributed by atoms with van der Waals surface area (Å²) in [5, 5.41) is 8.31. The molecule has 1 unspecified atom stereocenters. The van der Waals surface area contributed by atoms with Crippen molar-refractivity contribution in [3.05, 3.63) is 72.1 Å². The summed E-state index contributed by atoms with van der Waals surface area (Å²) in [6.07, 6.45) is 3.32. The van der Waals surface area contributed by atoms with Gasteiger partial charge in [-0.3, -0.25) is 9.36 Å². The Hall–Kier alpha value is -3.22. The van der Waals surface area contributed by atoms with Crippen LogP contribution >= 0.6 is 0 Å². The van der Waals surface area contributed by atoms with Gasteiger partial charge in [0.1, 0.15) is 12.2 Å². The molecule has 1 aromatic heterocycles. The number of benzene rings is 2. The fourth-order valence-corrected chi connectivity index (χ4v) is 3.63. The number of halogens is 1. The molecule has 0 radical (unpaired) electrons. The zero-order valence-corrected chi connectivity index (χ0v) is 15.6. The van der Waals surface area contributed by atoms with E-state index in [1.165, 1.54) is 19.2 Å². The van der Waals surface area contributed by atoms with Gasteiger partial charge in [0.25, 0.3) is 5.91 Å². The van der Waals surface area contributed by atoms with Gasteiger partial charge in [0.15, 0.2) is 11.6 Å². The summed E-state index contributed by atoms with van der Waals surface area (Å²) in [5.41, 5.74) is 1.36. The first-order chi connectivity index (χ1) is 13.7. The first kappa shape index (κ1) is 18.2. The Kier molecular flexibility index (Phi) is 5.06. The molecule has 0 saturated carbocycles. The van der Waals surface area contributed by atoms with Crippen molar-refractivity contribution in [2.24, 2.45) is 5.92 Å². The number of aromatic nitrogens is 3. The molecular formula is C21H21FN4O2. The van der Waals surface area contributed by atoms with Gasteiger partial charge < -0.3 is 9.64 Å². The van der Waals surface area contributed by atoms with E-state index in [4.69, 9.17) is 4.74 Å². The van der Waals surface area contributed by atoms with Crippen molar-refractivity contribution >= 4 is 5.91 Å². The number of hydrogen-bond acceptors (Lipinski definition) is 4. The Balaban J connectivity index is 1.43. The van der Waals surface area contributed by atoms with Crippen molar-refractivity contribution in [3.8, 4) is 11.4 Å². The Morgan fingerprint density at radius 1 is 1.25 bits per heavy atom. The minimum atomic E-state index is -0.528. The third-order valence-corrected chi connectivity index (χ3v) is 5.10. The Labute approximate surface area is 162 Å². The first-order valence-corrected chi connectivity index (χ1v) is 9.23. The molecule has 28 heavy (non-hydrogen) atoms. The van der Waals surface area contributed by atoms with E-state index in [-0.39, 0.29) is 11.7 Å². The van der Waals surface area contributed by atoms with Gasteiger partial charge in [-0.05, 0) is 42.7 Å². The van der Waals surface area contributed by atoms with Crippen LogP contribution in [0.4, 0.5) is 4.39 Å². The second-order valence-electron chi connectivity index (χ2n) is 6.91. The van der Waals surface area contributed by atoms with E-state index in [1.807, 2.05) is 34.9 Å². The highest BCUT2D eigenvalue weighted by molar-refractivity contribution is 5.94. The quantitative estimate of drug-likeness (QED) is 0.682. The molecular weight excluding hydrogens is 359 g/mol. The molecule has 1 atom stereocenters. The van der Waals surface area contributed by atoms with Crippen molar-refractivity contribution < 1.29 is 13.9 Å². The normalized spacial score (nSPS) is 16.4. The monoisotopic (exact) mass is 380 g/mol. The highest BCUT2D eigenvalue weighted by atomic mass is 19.1. The molecule has 1 aliphatic rings. The minimum absolute atomic E-state index is 0.135. The Bertz CT molecular complexity index is 974. The van der Waals surface area contributed by atoms with Gasteiger partial charge in [0.05, 0.1) is 7.11 Å². The standard InChI is InChI=1S/C21H21FN4O2/c1-28-19-8-7-16(12-18(19)22)21(27)25-10-9-15(13-25)11-20-24-23-14-26(20)17-5-3-2-4-6-17/h2-8,12,14-15H,9-11,13H2,1H3. The second-order valence-corrected chi connectivity index (χ2v) is 6.91. The van der Waals surface area contributed by atoms with Crippen LogP contribution in [0.15, 0.2) is 54.9 Å². The van der Waals surface area contributed by atoms with E-state index in [9.17, 15) is 9.18 Å². The average Bonchev–Trinajstić information content (AvgIpc) is 3.38. The molecule has 4 rings (SSSR count). The number of amides is 1. The van der Waals surface area contributed by atoms with Crippen molar-refractivity contribution in [1.29, 1.82) is 0 Å². The van der Waals surface area contributed by atoms with Crippen LogP contribution in [0.3, 0.4) is 0 Å². The highest BCUT2D eigenvalue weighted by Gasteiger charge is 2.28. The molecule has 0 bridgehead atoms. The molecule has 0 aliphatic carbocycles. The lowest BCUT2D eigenvalue weighted by atomic mass is 10.0. The summed E-state index contributed by atoms with van der Waals surface area (Å²) in [6, 6.07) is 14.3. The molecule has 0 N–H and O–H groups in total. The number of carbonyl (C=O) groups is 1. The van der Waals surface area contributed by atoms with E-state index < -0.39 is 5.82 Å². The highest BCUT2D eigenvalue weighted by Crippen LogP contribution is 2.24. The number of ether oxygens (including phenoxy) is 1. The Morgan fingerprint density at radius 2 is 2.07 bits per heavy atom. The smallest absolute Gasteiger partial charge is 0.253 e. The number of nitrogens with zero attached hydrogens (tertiary/aromatic N) is 4. The molecule has 1 saturated heterocycles. The average molecular weight is 380 g/mol. The number of para-hydroxylation sites is 1. The summed E-state index contributed by atoms with van der Waals surface area (Å²) in [6.45, 7) is 1.27. The number of likely N-dealkylation sites (tertiary alicyclic amines) is 1. The SMILES string of the molecule is COc1ccc(C(=O)N2CCC(Cc3nncn3-c3ccccc3)C2)cc1F. The van der Waals surface area contributed by atoms with E-state index in [0.717, 1.165) is 24.4 Å². The van der Waals surface area contributed by atoms with Crippen LogP contribution in [0.2, 0.25) is 0 Å². The molecule has 1 aliphatic heterocycles. The van der Waals surface area contributed by atoms with E-state index in [2.05, 4.69) is 10.2 Å². The summed E-state index contributed by atoms with van der Waals surface area (Å²) >= 11 is 0. The summed E-state index contributed by atoms with van der Waals surface area (Å²) in [7, 11) is 1.40. The summed E-state index contributed by atoms with van der Waals surface area (Å²) in [4.78, 5) is 14.5. The van der Waals surface area contributed by atoms with Crippen LogP contribution in [0, 0.1) is 11.7 Å². The zero-order chi connectivity index (χ0) is 19.5. The lowest BCUT2D eigenvalue weighted by Crippen LogP contribution is -2.29. The molecule has 3 aromatic rings. The van der Waals surface area contributed by atoms with Crippen LogP contribution in [-0.4, -0.2) is 45.8 Å². The number of methoxy groups -OCH3 is 1. The van der Waals surface area contributed by atoms with Gasteiger partial charge in [0, 0.05) is 30.8 Å². The number of rotatable bonds is 5.